The molecule has 0 saturated carbocycles. The van der Waals surface area contributed by atoms with Crippen molar-refractivity contribution in [1.29, 1.82) is 0 Å². The Kier molecular flexibility index (Phi) is 7.54. The highest BCUT2D eigenvalue weighted by molar-refractivity contribution is 5.84. The van der Waals surface area contributed by atoms with E-state index in [2.05, 4.69) is 228 Å². The van der Waals surface area contributed by atoms with Gasteiger partial charge < -0.3 is 9.80 Å². The Hall–Kier alpha value is -6.64. The molecule has 0 fully saturated rings. The fourth-order valence-corrected chi connectivity index (χ4v) is 9.27. The number of para-hydroxylation sites is 3. The molecule has 0 saturated heterocycles. The van der Waals surface area contributed by atoms with Crippen LogP contribution in [-0.4, -0.2) is 0 Å². The van der Waals surface area contributed by atoms with Crippen molar-refractivity contribution in [2.24, 2.45) is 0 Å². The summed E-state index contributed by atoms with van der Waals surface area (Å²) >= 11 is 0. The Morgan fingerprint density at radius 1 is 0.396 bits per heavy atom. The molecule has 53 heavy (non-hydrogen) atoms. The van der Waals surface area contributed by atoms with E-state index < -0.39 is 5.41 Å². The molecule has 0 spiro atoms. The lowest BCUT2D eigenvalue weighted by Gasteiger charge is -2.38. The number of rotatable bonds is 7. The van der Waals surface area contributed by atoms with Gasteiger partial charge in [0.05, 0.1) is 11.5 Å². The molecule has 10 rings (SSSR count). The van der Waals surface area contributed by atoms with Crippen LogP contribution in [0.5, 0.6) is 0 Å². The smallest absolute Gasteiger partial charge is 0.0679 e. The number of hydrogen-bond acceptors (Lipinski definition) is 2. The Labute approximate surface area is 311 Å². The van der Waals surface area contributed by atoms with Gasteiger partial charge in [0.2, 0.25) is 0 Å². The van der Waals surface area contributed by atoms with E-state index in [0.29, 0.717) is 0 Å². The number of hydrogen-bond donors (Lipinski definition) is 0. The molecule has 1 heterocycles. The molecular formula is C51H38N2. The minimum absolute atomic E-state index is 0.118. The molecule has 2 heteroatoms. The summed E-state index contributed by atoms with van der Waals surface area (Å²) in [5, 5.41) is 0. The highest BCUT2D eigenvalue weighted by Crippen LogP contribution is 2.69. The van der Waals surface area contributed by atoms with Crippen LogP contribution in [0.15, 0.2) is 218 Å². The van der Waals surface area contributed by atoms with Crippen LogP contribution < -0.4 is 9.80 Å². The van der Waals surface area contributed by atoms with Gasteiger partial charge in [-0.3, -0.25) is 0 Å². The van der Waals surface area contributed by atoms with Crippen LogP contribution in [0, 0.1) is 0 Å². The van der Waals surface area contributed by atoms with E-state index in [4.69, 9.17) is 0 Å². The molecule has 252 valence electrons. The van der Waals surface area contributed by atoms with Gasteiger partial charge in [0.1, 0.15) is 0 Å². The molecule has 0 bridgehead atoms. The van der Waals surface area contributed by atoms with Crippen molar-refractivity contribution in [3.63, 3.8) is 0 Å². The minimum atomic E-state index is -0.392. The van der Waals surface area contributed by atoms with E-state index in [1.807, 2.05) is 0 Å². The predicted octanol–water partition coefficient (Wildman–Crippen LogP) is 13.1. The van der Waals surface area contributed by atoms with E-state index in [1.165, 1.54) is 50.3 Å². The molecule has 0 amide bonds. The predicted molar refractivity (Wildman–Crippen MR) is 220 cm³/mol. The summed E-state index contributed by atoms with van der Waals surface area (Å²) in [7, 11) is 0. The highest BCUT2D eigenvalue weighted by atomic mass is 15.2. The summed E-state index contributed by atoms with van der Waals surface area (Å²) < 4.78 is 0. The first kappa shape index (κ1) is 31.1. The Balaban J connectivity index is 1.16. The van der Waals surface area contributed by atoms with Crippen LogP contribution in [0.1, 0.15) is 39.8 Å². The maximum absolute atomic E-state index is 2.61. The van der Waals surface area contributed by atoms with Gasteiger partial charge in [0, 0.05) is 34.4 Å². The largest absolute Gasteiger partial charge is 0.333 e. The number of nitrogens with zero attached hydrogens (tertiary/aromatic N) is 2. The van der Waals surface area contributed by atoms with Crippen molar-refractivity contribution < 1.29 is 0 Å². The average Bonchev–Trinajstić information content (AvgIpc) is 3.74. The molecule has 0 N–H and O–H groups in total. The summed E-state index contributed by atoms with van der Waals surface area (Å²) in [5.41, 5.74) is 14.7. The van der Waals surface area contributed by atoms with E-state index >= 15 is 0 Å². The van der Waals surface area contributed by atoms with E-state index in [-0.39, 0.29) is 12.0 Å². The minimum Gasteiger partial charge on any atom is -0.333 e. The molecule has 0 aromatic heterocycles. The summed E-state index contributed by atoms with van der Waals surface area (Å²) in [6, 6.07) is 80.2. The first-order valence-electron chi connectivity index (χ1n) is 18.5. The van der Waals surface area contributed by atoms with Crippen molar-refractivity contribution in [1.82, 2.24) is 0 Å². The van der Waals surface area contributed by atoms with Gasteiger partial charge in [-0.25, -0.2) is 0 Å². The van der Waals surface area contributed by atoms with E-state index in [1.54, 1.807) is 0 Å². The van der Waals surface area contributed by atoms with Crippen molar-refractivity contribution in [2.75, 3.05) is 9.80 Å². The van der Waals surface area contributed by atoms with Crippen LogP contribution >= 0.6 is 0 Å². The van der Waals surface area contributed by atoms with Gasteiger partial charge in [0.25, 0.3) is 0 Å². The van der Waals surface area contributed by atoms with Crippen LogP contribution in [-0.2, 0) is 5.41 Å². The Morgan fingerprint density at radius 2 is 0.868 bits per heavy atom. The summed E-state index contributed by atoms with van der Waals surface area (Å²) in [5.74, 6) is 0.130. The van der Waals surface area contributed by atoms with E-state index in [0.717, 1.165) is 17.1 Å². The van der Waals surface area contributed by atoms with Gasteiger partial charge >= 0.3 is 0 Å². The highest BCUT2D eigenvalue weighted by Gasteiger charge is 2.60. The van der Waals surface area contributed by atoms with Gasteiger partial charge in [0.15, 0.2) is 0 Å². The Bertz CT molecular complexity index is 2420. The lowest BCUT2D eigenvalue weighted by Crippen LogP contribution is -2.34. The molecule has 2 unspecified atom stereocenters. The summed E-state index contributed by atoms with van der Waals surface area (Å²) in [6.07, 6.45) is 0. The molecule has 1 aliphatic carbocycles. The fourth-order valence-electron chi connectivity index (χ4n) is 9.27. The number of fused-ring (bicyclic) bond motifs is 5. The molecule has 2 nitrogen and oxygen atoms in total. The number of benzene rings is 8. The second kappa shape index (κ2) is 12.8. The first-order chi connectivity index (χ1) is 26.3. The zero-order chi connectivity index (χ0) is 35.2. The topological polar surface area (TPSA) is 6.48 Å². The zero-order valence-electron chi connectivity index (χ0n) is 29.3. The molecular weight excluding hydrogens is 641 g/mol. The van der Waals surface area contributed by atoms with Crippen LogP contribution in [0.2, 0.25) is 0 Å². The molecule has 2 atom stereocenters. The summed E-state index contributed by atoms with van der Waals surface area (Å²) in [4.78, 5) is 4.93. The second-order valence-electron chi connectivity index (χ2n) is 14.1. The van der Waals surface area contributed by atoms with Crippen molar-refractivity contribution in [2.45, 2.75) is 17.4 Å². The van der Waals surface area contributed by atoms with Gasteiger partial charge in [-0.2, -0.15) is 0 Å². The normalized spacial score (nSPS) is 16.4. The lowest BCUT2D eigenvalue weighted by molar-refractivity contribution is 0.482. The molecule has 0 radical (unpaired) electrons. The van der Waals surface area contributed by atoms with Crippen molar-refractivity contribution >= 4 is 28.4 Å². The molecule has 8 aromatic rings. The third-order valence-electron chi connectivity index (χ3n) is 11.4. The molecule has 1 aliphatic heterocycles. The SMILES string of the molecule is c1ccc(N(c2ccccc2)c2ccc(-c3ccc4c(c3)C3C(c5ccccc5C3(c3ccccc3)c3ccccc3)N4c3ccccc3)cc2)cc1. The number of anilines is 5. The van der Waals surface area contributed by atoms with Crippen LogP contribution in [0.4, 0.5) is 28.4 Å². The zero-order valence-corrected chi connectivity index (χ0v) is 29.3. The summed E-state index contributed by atoms with van der Waals surface area (Å²) in [6.45, 7) is 0. The van der Waals surface area contributed by atoms with Crippen LogP contribution in [0.3, 0.4) is 0 Å². The monoisotopic (exact) mass is 678 g/mol. The third-order valence-corrected chi connectivity index (χ3v) is 11.4. The van der Waals surface area contributed by atoms with Crippen molar-refractivity contribution in [3.05, 3.63) is 246 Å². The average molecular weight is 679 g/mol. The fraction of sp³-hybridized carbons (Fsp3) is 0.0588. The maximum Gasteiger partial charge on any atom is 0.0679 e. The molecule has 2 aliphatic rings. The van der Waals surface area contributed by atoms with E-state index in [9.17, 15) is 0 Å². The van der Waals surface area contributed by atoms with Gasteiger partial charge in [-0.05, 0) is 99.6 Å². The lowest BCUT2D eigenvalue weighted by atomic mass is 9.63. The maximum atomic E-state index is 2.61. The van der Waals surface area contributed by atoms with Crippen molar-refractivity contribution in [3.8, 4) is 11.1 Å². The van der Waals surface area contributed by atoms with Gasteiger partial charge in [-0.15, -0.1) is 0 Å². The second-order valence-corrected chi connectivity index (χ2v) is 14.1. The standard InChI is InChI=1S/C51H38N2/c1-6-18-39(19-7-1)51(40-20-8-2-9-21-40)47-29-17-16-28-45(47)50-49(51)46-36-38(32-35-48(46)53(50)43-26-14-5-15-27-43)37-30-33-44(34-31-37)52(41-22-10-3-11-23-41)42-24-12-4-13-25-42/h1-36,49-50H. The first-order valence-corrected chi connectivity index (χ1v) is 18.5. The molecule has 8 aromatic carbocycles. The third kappa shape index (κ3) is 4.94. The van der Waals surface area contributed by atoms with Crippen LogP contribution in [0.25, 0.3) is 11.1 Å². The quantitative estimate of drug-likeness (QED) is 0.166. The Morgan fingerprint density at radius 3 is 1.45 bits per heavy atom. The van der Waals surface area contributed by atoms with Gasteiger partial charge in [-0.1, -0.05) is 158 Å².